The number of aryl methyl sites for hydroxylation is 1. The standard InChI is InChI=1S/C16H18N2OS/c1-12-5-7-14(8-6-12)18-16(19)11-20-15-4-2-3-13(9-15)10-17/h2-9H,10-11,17H2,1H3,(H,18,19). The van der Waals surface area contributed by atoms with Crippen molar-refractivity contribution in [2.24, 2.45) is 5.73 Å². The Kier molecular flexibility index (Phi) is 5.21. The number of amides is 1. The smallest absolute Gasteiger partial charge is 0.234 e. The summed E-state index contributed by atoms with van der Waals surface area (Å²) in [6.45, 7) is 2.54. The maximum atomic E-state index is 11.9. The fraction of sp³-hybridized carbons (Fsp3) is 0.188. The third-order valence-corrected chi connectivity index (χ3v) is 3.83. The molecule has 1 amide bonds. The van der Waals surface area contributed by atoms with Gasteiger partial charge < -0.3 is 11.1 Å². The second-order valence-corrected chi connectivity index (χ2v) is 5.60. The van der Waals surface area contributed by atoms with Gasteiger partial charge in [0.2, 0.25) is 5.91 Å². The monoisotopic (exact) mass is 286 g/mol. The first-order chi connectivity index (χ1) is 9.67. The number of nitrogens with one attached hydrogen (secondary N) is 1. The van der Waals surface area contributed by atoms with Crippen molar-refractivity contribution < 1.29 is 4.79 Å². The van der Waals surface area contributed by atoms with Crippen molar-refractivity contribution in [3.05, 3.63) is 59.7 Å². The van der Waals surface area contributed by atoms with Crippen LogP contribution in [0.5, 0.6) is 0 Å². The van der Waals surface area contributed by atoms with Crippen LogP contribution in [0.25, 0.3) is 0 Å². The first-order valence-corrected chi connectivity index (χ1v) is 7.44. The summed E-state index contributed by atoms with van der Waals surface area (Å²) >= 11 is 1.51. The van der Waals surface area contributed by atoms with Gasteiger partial charge in [0.15, 0.2) is 0 Å². The number of thioether (sulfide) groups is 1. The van der Waals surface area contributed by atoms with Crippen LogP contribution in [0.2, 0.25) is 0 Å². The zero-order valence-corrected chi connectivity index (χ0v) is 12.2. The van der Waals surface area contributed by atoms with Gasteiger partial charge in [0.05, 0.1) is 5.75 Å². The highest BCUT2D eigenvalue weighted by Crippen LogP contribution is 2.19. The average Bonchev–Trinajstić information content (AvgIpc) is 2.48. The Morgan fingerprint density at radius 2 is 1.95 bits per heavy atom. The van der Waals surface area contributed by atoms with E-state index in [1.807, 2.05) is 55.5 Å². The predicted molar refractivity (Wildman–Crippen MR) is 84.9 cm³/mol. The second kappa shape index (κ2) is 7.12. The van der Waals surface area contributed by atoms with Gasteiger partial charge in [-0.05, 0) is 36.8 Å². The van der Waals surface area contributed by atoms with Gasteiger partial charge in [-0.3, -0.25) is 4.79 Å². The van der Waals surface area contributed by atoms with Crippen LogP contribution in [0, 0.1) is 6.92 Å². The van der Waals surface area contributed by atoms with E-state index < -0.39 is 0 Å². The summed E-state index contributed by atoms with van der Waals surface area (Å²) in [4.78, 5) is 12.9. The molecule has 2 aromatic rings. The van der Waals surface area contributed by atoms with Crippen molar-refractivity contribution in [2.75, 3.05) is 11.1 Å². The summed E-state index contributed by atoms with van der Waals surface area (Å²) in [5.41, 5.74) is 8.69. The Labute approximate surface area is 123 Å². The third-order valence-electron chi connectivity index (χ3n) is 2.84. The van der Waals surface area contributed by atoms with Crippen LogP contribution in [0.1, 0.15) is 11.1 Å². The fourth-order valence-corrected chi connectivity index (χ4v) is 2.52. The molecule has 104 valence electrons. The molecule has 0 aliphatic carbocycles. The van der Waals surface area contributed by atoms with Gasteiger partial charge in [0, 0.05) is 17.1 Å². The topological polar surface area (TPSA) is 55.1 Å². The molecule has 0 unspecified atom stereocenters. The molecule has 2 aromatic carbocycles. The number of hydrogen-bond donors (Lipinski definition) is 2. The number of rotatable bonds is 5. The Bertz CT molecular complexity index is 581. The number of carbonyl (C=O) groups excluding carboxylic acids is 1. The molecule has 0 aliphatic heterocycles. The Hall–Kier alpha value is -1.78. The number of benzene rings is 2. The molecule has 0 radical (unpaired) electrons. The summed E-state index contributed by atoms with van der Waals surface area (Å²) in [6, 6.07) is 15.7. The first kappa shape index (κ1) is 14.6. The molecule has 0 atom stereocenters. The average molecular weight is 286 g/mol. The van der Waals surface area contributed by atoms with Crippen molar-refractivity contribution in [3.8, 4) is 0 Å². The van der Waals surface area contributed by atoms with E-state index in [0.717, 1.165) is 16.1 Å². The maximum absolute atomic E-state index is 11.9. The molecule has 4 heteroatoms. The van der Waals surface area contributed by atoms with Crippen LogP contribution in [-0.4, -0.2) is 11.7 Å². The molecule has 3 N–H and O–H groups in total. The lowest BCUT2D eigenvalue weighted by Gasteiger charge is -2.06. The molecular formula is C16H18N2OS. The van der Waals surface area contributed by atoms with E-state index in [9.17, 15) is 4.79 Å². The van der Waals surface area contributed by atoms with Gasteiger partial charge in [-0.2, -0.15) is 0 Å². The quantitative estimate of drug-likeness (QED) is 0.830. The summed E-state index contributed by atoms with van der Waals surface area (Å²) in [7, 11) is 0. The zero-order chi connectivity index (χ0) is 14.4. The van der Waals surface area contributed by atoms with Crippen LogP contribution in [-0.2, 0) is 11.3 Å². The predicted octanol–water partition coefficient (Wildman–Crippen LogP) is 3.18. The van der Waals surface area contributed by atoms with E-state index in [0.29, 0.717) is 12.3 Å². The zero-order valence-electron chi connectivity index (χ0n) is 11.4. The fourth-order valence-electron chi connectivity index (χ4n) is 1.75. The molecule has 0 saturated carbocycles. The maximum Gasteiger partial charge on any atom is 0.234 e. The summed E-state index contributed by atoms with van der Waals surface area (Å²) in [6.07, 6.45) is 0. The molecule has 0 aromatic heterocycles. The Morgan fingerprint density at radius 3 is 2.65 bits per heavy atom. The van der Waals surface area contributed by atoms with Gasteiger partial charge in [-0.25, -0.2) is 0 Å². The van der Waals surface area contributed by atoms with E-state index in [1.165, 1.54) is 17.3 Å². The Balaban J connectivity index is 1.87. The molecule has 20 heavy (non-hydrogen) atoms. The SMILES string of the molecule is Cc1ccc(NC(=O)CSc2cccc(CN)c2)cc1. The molecule has 0 fully saturated rings. The second-order valence-electron chi connectivity index (χ2n) is 4.55. The van der Waals surface area contributed by atoms with Gasteiger partial charge in [-0.15, -0.1) is 11.8 Å². The van der Waals surface area contributed by atoms with Crippen molar-refractivity contribution in [3.63, 3.8) is 0 Å². The van der Waals surface area contributed by atoms with Crippen LogP contribution in [0.3, 0.4) is 0 Å². The van der Waals surface area contributed by atoms with E-state index in [4.69, 9.17) is 5.73 Å². The van der Waals surface area contributed by atoms with Gasteiger partial charge >= 0.3 is 0 Å². The molecule has 0 aliphatic rings. The molecule has 0 spiro atoms. The van der Waals surface area contributed by atoms with E-state index in [1.54, 1.807) is 0 Å². The van der Waals surface area contributed by atoms with Gasteiger partial charge in [0.25, 0.3) is 0 Å². The number of carbonyl (C=O) groups is 1. The lowest BCUT2D eigenvalue weighted by atomic mass is 10.2. The normalized spacial score (nSPS) is 10.3. The van der Waals surface area contributed by atoms with Crippen LogP contribution >= 0.6 is 11.8 Å². The highest BCUT2D eigenvalue weighted by Gasteiger charge is 2.04. The van der Waals surface area contributed by atoms with Gasteiger partial charge in [-0.1, -0.05) is 29.8 Å². The third kappa shape index (κ3) is 4.40. The minimum atomic E-state index is -0.00277. The highest BCUT2D eigenvalue weighted by atomic mass is 32.2. The molecule has 0 heterocycles. The highest BCUT2D eigenvalue weighted by molar-refractivity contribution is 8.00. The first-order valence-electron chi connectivity index (χ1n) is 6.46. The van der Waals surface area contributed by atoms with Crippen molar-refractivity contribution in [1.29, 1.82) is 0 Å². The van der Waals surface area contributed by atoms with Crippen LogP contribution in [0.15, 0.2) is 53.4 Å². The number of hydrogen-bond acceptors (Lipinski definition) is 3. The molecular weight excluding hydrogens is 268 g/mol. The number of anilines is 1. The van der Waals surface area contributed by atoms with Crippen LogP contribution < -0.4 is 11.1 Å². The van der Waals surface area contributed by atoms with E-state index >= 15 is 0 Å². The number of nitrogens with two attached hydrogens (primary N) is 1. The van der Waals surface area contributed by atoms with Crippen LogP contribution in [0.4, 0.5) is 5.69 Å². The largest absolute Gasteiger partial charge is 0.326 e. The van der Waals surface area contributed by atoms with E-state index in [-0.39, 0.29) is 5.91 Å². The lowest BCUT2D eigenvalue weighted by Crippen LogP contribution is -2.13. The summed E-state index contributed by atoms with van der Waals surface area (Å²) in [5.74, 6) is 0.388. The summed E-state index contributed by atoms with van der Waals surface area (Å²) < 4.78 is 0. The van der Waals surface area contributed by atoms with Crippen molar-refractivity contribution >= 4 is 23.4 Å². The van der Waals surface area contributed by atoms with Crippen molar-refractivity contribution in [2.45, 2.75) is 18.4 Å². The minimum Gasteiger partial charge on any atom is -0.326 e. The Morgan fingerprint density at radius 1 is 1.20 bits per heavy atom. The summed E-state index contributed by atoms with van der Waals surface area (Å²) in [5, 5.41) is 2.88. The van der Waals surface area contributed by atoms with E-state index in [2.05, 4.69) is 5.32 Å². The molecule has 0 saturated heterocycles. The molecule has 2 rings (SSSR count). The lowest BCUT2D eigenvalue weighted by molar-refractivity contribution is -0.113. The molecule has 3 nitrogen and oxygen atoms in total. The van der Waals surface area contributed by atoms with Crippen molar-refractivity contribution in [1.82, 2.24) is 0 Å². The van der Waals surface area contributed by atoms with Gasteiger partial charge in [0.1, 0.15) is 0 Å². The minimum absolute atomic E-state index is 0.00277. The molecule has 0 bridgehead atoms.